The number of hydrogen-bond donors (Lipinski definition) is 1. The molecule has 2 aromatic rings. The summed E-state index contributed by atoms with van der Waals surface area (Å²) in [6.07, 6.45) is 2.19. The first kappa shape index (κ1) is 15.5. The van der Waals surface area contributed by atoms with Crippen LogP contribution in [0, 0.1) is 0 Å². The van der Waals surface area contributed by atoms with E-state index in [9.17, 15) is 0 Å². The summed E-state index contributed by atoms with van der Waals surface area (Å²) < 4.78 is 0. The molecule has 0 saturated heterocycles. The molecular formula is C18H25N3. The van der Waals surface area contributed by atoms with Crippen molar-refractivity contribution in [3.63, 3.8) is 0 Å². The molecular weight excluding hydrogens is 258 g/mol. The molecule has 0 saturated carbocycles. The highest BCUT2D eigenvalue weighted by atomic mass is 15.2. The van der Waals surface area contributed by atoms with Crippen molar-refractivity contribution in [2.24, 2.45) is 0 Å². The maximum Gasteiger partial charge on any atom is 0.128 e. The van der Waals surface area contributed by atoms with E-state index in [1.165, 1.54) is 5.56 Å². The molecule has 2 rings (SSSR count). The second-order valence-corrected chi connectivity index (χ2v) is 5.32. The number of nitrogens with zero attached hydrogens (tertiary/aromatic N) is 2. The van der Waals surface area contributed by atoms with Crippen molar-refractivity contribution in [3.8, 4) is 0 Å². The first-order chi connectivity index (χ1) is 10.3. The van der Waals surface area contributed by atoms with Gasteiger partial charge in [-0.05, 0) is 37.1 Å². The van der Waals surface area contributed by atoms with E-state index in [1.54, 1.807) is 0 Å². The van der Waals surface area contributed by atoms with Crippen molar-refractivity contribution in [1.82, 2.24) is 10.3 Å². The van der Waals surface area contributed by atoms with Gasteiger partial charge in [0.1, 0.15) is 5.82 Å². The van der Waals surface area contributed by atoms with Gasteiger partial charge in [-0.25, -0.2) is 4.98 Å². The van der Waals surface area contributed by atoms with E-state index in [0.29, 0.717) is 0 Å². The van der Waals surface area contributed by atoms with Gasteiger partial charge < -0.3 is 10.2 Å². The third-order valence-electron chi connectivity index (χ3n) is 3.49. The number of benzene rings is 1. The van der Waals surface area contributed by atoms with E-state index in [4.69, 9.17) is 4.98 Å². The Morgan fingerprint density at radius 1 is 1.05 bits per heavy atom. The number of likely N-dealkylation sites (N-methyl/N-ethyl adjacent to an activating group) is 1. The van der Waals surface area contributed by atoms with Crippen molar-refractivity contribution in [1.29, 1.82) is 0 Å². The zero-order chi connectivity index (χ0) is 14.9. The molecule has 1 aromatic heterocycles. The average molecular weight is 283 g/mol. The van der Waals surface area contributed by atoms with E-state index in [1.807, 2.05) is 0 Å². The van der Waals surface area contributed by atoms with Gasteiger partial charge in [-0.1, -0.05) is 43.3 Å². The van der Waals surface area contributed by atoms with Crippen LogP contribution >= 0.6 is 0 Å². The number of pyridine rings is 1. The molecule has 112 valence electrons. The van der Waals surface area contributed by atoms with Crippen LogP contribution in [-0.2, 0) is 13.0 Å². The van der Waals surface area contributed by atoms with Crippen LogP contribution in [0.1, 0.15) is 24.6 Å². The molecule has 3 nitrogen and oxygen atoms in total. The Balaban J connectivity index is 1.89. The summed E-state index contributed by atoms with van der Waals surface area (Å²) in [5.41, 5.74) is 2.47. The molecule has 0 aliphatic carbocycles. The van der Waals surface area contributed by atoms with Gasteiger partial charge in [0.05, 0.1) is 5.69 Å². The van der Waals surface area contributed by atoms with Crippen LogP contribution in [0.15, 0.2) is 48.5 Å². The van der Waals surface area contributed by atoms with Crippen molar-refractivity contribution in [2.45, 2.75) is 26.3 Å². The van der Waals surface area contributed by atoms with Gasteiger partial charge in [-0.2, -0.15) is 0 Å². The lowest BCUT2D eigenvalue weighted by Crippen LogP contribution is -2.22. The van der Waals surface area contributed by atoms with E-state index >= 15 is 0 Å². The van der Waals surface area contributed by atoms with Crippen LogP contribution in [0.5, 0.6) is 0 Å². The summed E-state index contributed by atoms with van der Waals surface area (Å²) in [7, 11) is 2.11. The van der Waals surface area contributed by atoms with Gasteiger partial charge in [0.15, 0.2) is 0 Å². The largest absolute Gasteiger partial charge is 0.359 e. The number of nitrogens with one attached hydrogen (secondary N) is 1. The van der Waals surface area contributed by atoms with Crippen LogP contribution in [0.3, 0.4) is 0 Å². The van der Waals surface area contributed by atoms with Crippen molar-refractivity contribution < 1.29 is 0 Å². The molecule has 0 bridgehead atoms. The zero-order valence-electron chi connectivity index (χ0n) is 13.0. The second kappa shape index (κ2) is 8.42. The smallest absolute Gasteiger partial charge is 0.128 e. The molecule has 1 N–H and O–H groups in total. The number of anilines is 1. The third kappa shape index (κ3) is 5.20. The zero-order valence-corrected chi connectivity index (χ0v) is 13.0. The number of aromatic nitrogens is 1. The Kier molecular flexibility index (Phi) is 6.22. The number of rotatable bonds is 8. The monoisotopic (exact) mass is 283 g/mol. The minimum atomic E-state index is 0.841. The molecule has 21 heavy (non-hydrogen) atoms. The summed E-state index contributed by atoms with van der Waals surface area (Å²) >= 11 is 0. The van der Waals surface area contributed by atoms with Crippen LogP contribution < -0.4 is 10.2 Å². The highest BCUT2D eigenvalue weighted by Crippen LogP contribution is 2.11. The van der Waals surface area contributed by atoms with E-state index in [0.717, 1.165) is 44.0 Å². The minimum Gasteiger partial charge on any atom is -0.359 e. The van der Waals surface area contributed by atoms with Gasteiger partial charge >= 0.3 is 0 Å². The topological polar surface area (TPSA) is 28.2 Å². The van der Waals surface area contributed by atoms with Crippen LogP contribution in [0.25, 0.3) is 0 Å². The lowest BCUT2D eigenvalue weighted by atomic mass is 10.1. The Morgan fingerprint density at radius 3 is 2.62 bits per heavy atom. The van der Waals surface area contributed by atoms with Crippen molar-refractivity contribution in [2.75, 3.05) is 25.0 Å². The third-order valence-corrected chi connectivity index (χ3v) is 3.49. The Bertz CT molecular complexity index is 525. The summed E-state index contributed by atoms with van der Waals surface area (Å²) in [4.78, 5) is 6.94. The summed E-state index contributed by atoms with van der Waals surface area (Å²) in [5, 5.41) is 3.39. The summed E-state index contributed by atoms with van der Waals surface area (Å²) in [6.45, 7) is 5.03. The standard InChI is InChI=1S/C18H25N3/c1-3-13-19-15-17-10-7-11-18(20-17)21(2)14-12-16-8-5-4-6-9-16/h4-11,19H,3,12-15H2,1-2H3. The van der Waals surface area contributed by atoms with Gasteiger partial charge in [0.2, 0.25) is 0 Å². The first-order valence-electron chi connectivity index (χ1n) is 7.71. The highest BCUT2D eigenvalue weighted by molar-refractivity contribution is 5.38. The predicted octanol–water partition coefficient (Wildman–Crippen LogP) is 3.26. The van der Waals surface area contributed by atoms with Crippen LogP contribution in [0.2, 0.25) is 0 Å². The van der Waals surface area contributed by atoms with E-state index in [2.05, 4.69) is 72.7 Å². The molecule has 0 aliphatic heterocycles. The van der Waals surface area contributed by atoms with E-state index < -0.39 is 0 Å². The Hall–Kier alpha value is -1.87. The molecule has 0 amide bonds. The predicted molar refractivity (Wildman–Crippen MR) is 89.7 cm³/mol. The molecule has 0 radical (unpaired) electrons. The summed E-state index contributed by atoms with van der Waals surface area (Å²) in [6, 6.07) is 16.8. The van der Waals surface area contributed by atoms with Crippen molar-refractivity contribution in [3.05, 3.63) is 59.8 Å². The fourth-order valence-corrected chi connectivity index (χ4v) is 2.23. The number of hydrogen-bond acceptors (Lipinski definition) is 3. The molecule has 3 heteroatoms. The minimum absolute atomic E-state index is 0.841. The second-order valence-electron chi connectivity index (χ2n) is 5.32. The lowest BCUT2D eigenvalue weighted by Gasteiger charge is -2.19. The Labute approximate surface area is 128 Å². The van der Waals surface area contributed by atoms with Gasteiger partial charge in [-0.15, -0.1) is 0 Å². The normalized spacial score (nSPS) is 10.6. The molecule has 0 aliphatic rings. The SMILES string of the molecule is CCCNCc1cccc(N(C)CCc2ccccc2)n1. The maximum absolute atomic E-state index is 4.72. The highest BCUT2D eigenvalue weighted by Gasteiger charge is 2.04. The maximum atomic E-state index is 4.72. The lowest BCUT2D eigenvalue weighted by molar-refractivity contribution is 0.663. The first-order valence-corrected chi connectivity index (χ1v) is 7.71. The average Bonchev–Trinajstić information content (AvgIpc) is 2.54. The fourth-order valence-electron chi connectivity index (χ4n) is 2.23. The molecule has 1 heterocycles. The molecule has 0 spiro atoms. The van der Waals surface area contributed by atoms with Gasteiger partial charge in [0, 0.05) is 20.1 Å². The van der Waals surface area contributed by atoms with Gasteiger partial charge in [0.25, 0.3) is 0 Å². The molecule has 0 fully saturated rings. The summed E-state index contributed by atoms with van der Waals surface area (Å²) in [5.74, 6) is 1.04. The fraction of sp³-hybridized carbons (Fsp3) is 0.389. The van der Waals surface area contributed by atoms with Crippen LogP contribution in [-0.4, -0.2) is 25.1 Å². The quantitative estimate of drug-likeness (QED) is 0.754. The van der Waals surface area contributed by atoms with Crippen molar-refractivity contribution >= 4 is 5.82 Å². The molecule has 0 unspecified atom stereocenters. The van der Waals surface area contributed by atoms with E-state index in [-0.39, 0.29) is 0 Å². The van der Waals surface area contributed by atoms with Crippen LogP contribution in [0.4, 0.5) is 5.82 Å². The van der Waals surface area contributed by atoms with Gasteiger partial charge in [-0.3, -0.25) is 0 Å². The molecule has 1 aromatic carbocycles. The Morgan fingerprint density at radius 2 is 1.86 bits per heavy atom. The molecule has 0 atom stereocenters.